The minimum absolute atomic E-state index is 0.206. The molecule has 1 amide bonds. The molecule has 14 heavy (non-hydrogen) atoms. The number of hydrogen-bond acceptors (Lipinski definition) is 3. The number of amides is 1. The fourth-order valence-corrected chi connectivity index (χ4v) is 1.92. The van der Waals surface area contributed by atoms with Crippen molar-refractivity contribution in [3.63, 3.8) is 0 Å². The van der Waals surface area contributed by atoms with Crippen molar-refractivity contribution in [3.05, 3.63) is 11.8 Å². The van der Waals surface area contributed by atoms with E-state index in [9.17, 15) is 4.79 Å². The monoisotopic (exact) mass is 196 g/mol. The Balaban J connectivity index is 2.22. The summed E-state index contributed by atoms with van der Waals surface area (Å²) in [7, 11) is 0. The molecule has 0 radical (unpaired) electrons. The first-order valence-electron chi connectivity index (χ1n) is 4.98. The predicted octanol–water partition coefficient (Wildman–Crippen LogP) is 1.09. The quantitative estimate of drug-likeness (QED) is 0.682. The van der Waals surface area contributed by atoms with Crippen molar-refractivity contribution in [2.24, 2.45) is 0 Å². The normalized spacial score (nSPS) is 26.0. The largest absolute Gasteiger partial charge is 0.447 e. The van der Waals surface area contributed by atoms with Crippen molar-refractivity contribution in [2.75, 3.05) is 19.7 Å². The van der Waals surface area contributed by atoms with E-state index in [4.69, 9.17) is 4.74 Å². The number of cyclic esters (lactones) is 1. The summed E-state index contributed by atoms with van der Waals surface area (Å²) in [5, 5.41) is 3.25. The molecular weight excluding hydrogens is 180 g/mol. The Kier molecular flexibility index (Phi) is 2.23. The zero-order chi connectivity index (χ0) is 10.2. The van der Waals surface area contributed by atoms with Crippen molar-refractivity contribution >= 4 is 6.09 Å². The van der Waals surface area contributed by atoms with Crippen LogP contribution >= 0.6 is 0 Å². The van der Waals surface area contributed by atoms with E-state index in [-0.39, 0.29) is 11.6 Å². The molecule has 0 spiro atoms. The minimum Gasteiger partial charge on any atom is -0.447 e. The number of carbonyl (C=O) groups excluding carboxylic acids is 1. The lowest BCUT2D eigenvalue weighted by atomic mass is 10.0. The first kappa shape index (κ1) is 9.52. The van der Waals surface area contributed by atoms with Crippen LogP contribution in [0, 0.1) is 0 Å². The van der Waals surface area contributed by atoms with Crippen LogP contribution in [0.2, 0.25) is 0 Å². The van der Waals surface area contributed by atoms with Crippen molar-refractivity contribution < 1.29 is 9.53 Å². The zero-order valence-electron chi connectivity index (χ0n) is 8.67. The first-order valence-corrected chi connectivity index (χ1v) is 4.98. The predicted molar refractivity (Wildman–Crippen MR) is 52.8 cm³/mol. The molecule has 0 aromatic carbocycles. The van der Waals surface area contributed by atoms with Gasteiger partial charge >= 0.3 is 6.09 Å². The molecule has 2 rings (SSSR count). The highest BCUT2D eigenvalue weighted by Crippen LogP contribution is 2.28. The van der Waals surface area contributed by atoms with Crippen LogP contribution in [0.4, 0.5) is 4.79 Å². The maximum absolute atomic E-state index is 11.5. The highest BCUT2D eigenvalue weighted by molar-refractivity contribution is 5.73. The Morgan fingerprint density at radius 3 is 2.86 bits per heavy atom. The lowest BCUT2D eigenvalue weighted by molar-refractivity contribution is 0.163. The van der Waals surface area contributed by atoms with Crippen LogP contribution in [-0.2, 0) is 4.74 Å². The lowest BCUT2D eigenvalue weighted by Gasteiger charge is -2.31. The van der Waals surface area contributed by atoms with E-state index >= 15 is 0 Å². The molecule has 4 heteroatoms. The van der Waals surface area contributed by atoms with Gasteiger partial charge in [-0.3, -0.25) is 4.90 Å². The third kappa shape index (κ3) is 1.50. The Morgan fingerprint density at radius 2 is 2.36 bits per heavy atom. The molecule has 4 nitrogen and oxygen atoms in total. The summed E-state index contributed by atoms with van der Waals surface area (Å²) >= 11 is 0. The van der Waals surface area contributed by atoms with Gasteiger partial charge in [-0.05, 0) is 26.8 Å². The maximum Gasteiger partial charge on any atom is 0.414 e. The van der Waals surface area contributed by atoms with Crippen LogP contribution in [0.1, 0.15) is 20.3 Å². The number of hydrogen-bond donors (Lipinski definition) is 1. The summed E-state index contributed by atoms with van der Waals surface area (Å²) < 4.78 is 5.05. The fraction of sp³-hybridized carbons (Fsp3) is 0.700. The van der Waals surface area contributed by atoms with Gasteiger partial charge in [0.05, 0.1) is 5.54 Å². The molecule has 0 atom stereocenters. The molecule has 0 aromatic heterocycles. The second kappa shape index (κ2) is 3.28. The highest BCUT2D eigenvalue weighted by Gasteiger charge is 2.41. The van der Waals surface area contributed by atoms with E-state index in [1.807, 2.05) is 13.8 Å². The van der Waals surface area contributed by atoms with E-state index in [1.165, 1.54) is 0 Å². The Morgan fingerprint density at radius 1 is 1.57 bits per heavy atom. The molecular formula is C10H16N2O2. The third-order valence-corrected chi connectivity index (χ3v) is 2.63. The van der Waals surface area contributed by atoms with Gasteiger partial charge in [-0.1, -0.05) is 6.08 Å². The zero-order valence-corrected chi connectivity index (χ0v) is 8.67. The van der Waals surface area contributed by atoms with Crippen LogP contribution < -0.4 is 5.32 Å². The van der Waals surface area contributed by atoms with E-state index in [0.717, 1.165) is 25.2 Å². The van der Waals surface area contributed by atoms with Gasteiger partial charge in [0.1, 0.15) is 6.61 Å². The molecule has 2 heterocycles. The van der Waals surface area contributed by atoms with Gasteiger partial charge in [-0.2, -0.15) is 0 Å². The summed E-state index contributed by atoms with van der Waals surface area (Å²) in [4.78, 5) is 13.3. The molecule has 78 valence electrons. The molecule has 0 unspecified atom stereocenters. The molecule has 1 fully saturated rings. The molecule has 1 saturated heterocycles. The Hall–Kier alpha value is -1.03. The summed E-state index contributed by atoms with van der Waals surface area (Å²) in [5.41, 5.74) is 0.839. The topological polar surface area (TPSA) is 41.6 Å². The molecule has 2 aliphatic heterocycles. The van der Waals surface area contributed by atoms with Crippen LogP contribution in [0.3, 0.4) is 0 Å². The van der Waals surface area contributed by atoms with Gasteiger partial charge in [-0.25, -0.2) is 4.79 Å². The first-order chi connectivity index (χ1) is 6.61. The molecule has 0 bridgehead atoms. The maximum atomic E-state index is 11.5. The number of ether oxygens (including phenoxy) is 1. The molecule has 0 saturated carbocycles. The number of carbonyl (C=O) groups is 1. The minimum atomic E-state index is -0.218. The van der Waals surface area contributed by atoms with Crippen LogP contribution in [-0.4, -0.2) is 36.2 Å². The van der Waals surface area contributed by atoms with Crippen molar-refractivity contribution in [1.29, 1.82) is 0 Å². The van der Waals surface area contributed by atoms with Gasteiger partial charge in [0.25, 0.3) is 0 Å². The number of rotatable bonds is 1. The second-order valence-electron chi connectivity index (χ2n) is 4.36. The van der Waals surface area contributed by atoms with Crippen LogP contribution in [0.25, 0.3) is 0 Å². The summed E-state index contributed by atoms with van der Waals surface area (Å²) in [6.45, 7) is 6.27. The standard InChI is InChI=1S/C10H16N2O2/c1-10(2)7-14-9(13)12(10)8-4-3-5-11-6-8/h4,11H,3,5-7H2,1-2H3. The average molecular weight is 196 g/mol. The highest BCUT2D eigenvalue weighted by atomic mass is 16.6. The van der Waals surface area contributed by atoms with Gasteiger partial charge in [0.2, 0.25) is 0 Å². The van der Waals surface area contributed by atoms with Crippen molar-refractivity contribution in [1.82, 2.24) is 10.2 Å². The second-order valence-corrected chi connectivity index (χ2v) is 4.36. The molecule has 2 aliphatic rings. The van der Waals surface area contributed by atoms with E-state index < -0.39 is 0 Å². The van der Waals surface area contributed by atoms with Gasteiger partial charge in [-0.15, -0.1) is 0 Å². The van der Waals surface area contributed by atoms with Gasteiger partial charge < -0.3 is 10.1 Å². The molecule has 0 aliphatic carbocycles. The average Bonchev–Trinajstić information content (AvgIpc) is 2.42. The van der Waals surface area contributed by atoms with Crippen LogP contribution in [0.5, 0.6) is 0 Å². The summed E-state index contributed by atoms with van der Waals surface area (Å²) in [6, 6.07) is 0. The lowest BCUT2D eigenvalue weighted by Crippen LogP contribution is -2.44. The molecule has 1 N–H and O–H groups in total. The van der Waals surface area contributed by atoms with Crippen LogP contribution in [0.15, 0.2) is 11.8 Å². The van der Waals surface area contributed by atoms with Gasteiger partial charge in [0.15, 0.2) is 0 Å². The van der Waals surface area contributed by atoms with E-state index in [0.29, 0.717) is 6.61 Å². The summed E-state index contributed by atoms with van der Waals surface area (Å²) in [5.74, 6) is 0. The van der Waals surface area contributed by atoms with Crippen molar-refractivity contribution in [3.8, 4) is 0 Å². The fourth-order valence-electron chi connectivity index (χ4n) is 1.92. The molecule has 0 aromatic rings. The third-order valence-electron chi connectivity index (χ3n) is 2.63. The van der Waals surface area contributed by atoms with E-state index in [1.54, 1.807) is 4.90 Å². The SMILES string of the molecule is CC1(C)COC(=O)N1C1=CCCNC1. The van der Waals surface area contributed by atoms with E-state index in [2.05, 4.69) is 11.4 Å². The summed E-state index contributed by atoms with van der Waals surface area (Å²) in [6.07, 6.45) is 2.88. The van der Waals surface area contributed by atoms with Gasteiger partial charge in [0, 0.05) is 12.2 Å². The number of nitrogens with one attached hydrogen (secondary N) is 1. The Bertz CT molecular complexity index is 284. The smallest absolute Gasteiger partial charge is 0.414 e. The van der Waals surface area contributed by atoms with Crippen molar-refractivity contribution in [2.45, 2.75) is 25.8 Å². The number of nitrogens with zero attached hydrogens (tertiary/aromatic N) is 1. The Labute approximate surface area is 83.9 Å².